The molecule has 0 atom stereocenters. The van der Waals surface area contributed by atoms with Crippen molar-refractivity contribution in [3.8, 4) is 0 Å². The van der Waals surface area contributed by atoms with Crippen molar-refractivity contribution >= 4 is 5.71 Å². The highest BCUT2D eigenvalue weighted by Crippen LogP contribution is 2.34. The maximum Gasteiger partial charge on any atom is 0.287 e. The Labute approximate surface area is 90.6 Å². The third-order valence-corrected chi connectivity index (χ3v) is 2.69. The summed E-state index contributed by atoms with van der Waals surface area (Å²) in [7, 11) is 2.74. The third-order valence-electron chi connectivity index (χ3n) is 2.69. The minimum atomic E-state index is -1.44. The first-order valence-corrected chi connectivity index (χ1v) is 4.60. The maximum atomic E-state index is 11.3. The molecule has 0 aliphatic heterocycles. The molecule has 1 aliphatic rings. The van der Waals surface area contributed by atoms with Crippen LogP contribution in [0.15, 0.2) is 9.78 Å². The zero-order chi connectivity index (χ0) is 11.8. The van der Waals surface area contributed by atoms with Crippen LogP contribution >= 0.6 is 0 Å². The van der Waals surface area contributed by atoms with Gasteiger partial charge in [0, 0.05) is 32.2 Å². The van der Waals surface area contributed by atoms with Gasteiger partial charge in [-0.25, -0.2) is 0 Å². The van der Waals surface area contributed by atoms with Crippen LogP contribution in [0.25, 0.3) is 0 Å². The quantitative estimate of drug-likeness (QED) is 0.318. The number of hydrogen-bond acceptors (Lipinski definition) is 7. The molecule has 0 radical (unpaired) electrons. The average molecular weight is 229 g/mol. The van der Waals surface area contributed by atoms with E-state index in [2.05, 4.69) is 14.9 Å². The molecule has 16 heavy (non-hydrogen) atoms. The van der Waals surface area contributed by atoms with Crippen LogP contribution in [0, 0.1) is 5.21 Å². The predicted molar refractivity (Wildman–Crippen MR) is 48.7 cm³/mol. The Morgan fingerprint density at radius 1 is 1.50 bits per heavy atom. The monoisotopic (exact) mass is 229 g/mol. The highest BCUT2D eigenvalue weighted by Gasteiger charge is 2.52. The summed E-state index contributed by atoms with van der Waals surface area (Å²) in [6, 6.07) is 0. The molecule has 0 spiro atoms. The topological polar surface area (TPSA) is 104 Å². The van der Waals surface area contributed by atoms with E-state index in [1.807, 2.05) is 0 Å². The van der Waals surface area contributed by atoms with E-state index in [1.54, 1.807) is 0 Å². The number of oxime groups is 1. The van der Waals surface area contributed by atoms with Gasteiger partial charge >= 0.3 is 0 Å². The summed E-state index contributed by atoms with van der Waals surface area (Å²) in [5, 5.41) is 26.9. The van der Waals surface area contributed by atoms with Gasteiger partial charge in [-0.3, -0.25) is 4.63 Å². The van der Waals surface area contributed by atoms with Crippen molar-refractivity contribution in [1.82, 2.24) is 5.16 Å². The molecule has 0 aromatic carbocycles. The normalized spacial score (nSPS) is 21.0. The van der Waals surface area contributed by atoms with Crippen molar-refractivity contribution in [1.29, 1.82) is 0 Å². The average Bonchev–Trinajstić information content (AvgIpc) is 2.70. The van der Waals surface area contributed by atoms with Gasteiger partial charge in [-0.05, 0) is 4.90 Å². The number of fused-ring (bicyclic) bond motifs is 1. The summed E-state index contributed by atoms with van der Waals surface area (Å²) in [4.78, 5) is 0.302. The Balaban J connectivity index is 2.61. The summed E-state index contributed by atoms with van der Waals surface area (Å²) in [6.45, 7) is 0. The first-order valence-electron chi connectivity index (χ1n) is 4.60. The van der Waals surface area contributed by atoms with Gasteiger partial charge in [0.25, 0.3) is 11.5 Å². The minimum absolute atomic E-state index is 0.187. The largest absolute Gasteiger partial charge is 0.411 e. The van der Waals surface area contributed by atoms with Gasteiger partial charge in [0.2, 0.25) is 5.69 Å². The lowest BCUT2D eigenvalue weighted by atomic mass is 9.92. The lowest BCUT2D eigenvalue weighted by Gasteiger charge is -2.29. The fraction of sp³-hybridized carbons (Fsp3) is 0.625. The van der Waals surface area contributed by atoms with Gasteiger partial charge in [-0.1, -0.05) is 5.16 Å². The number of aromatic nitrogens is 2. The number of methoxy groups -OCH3 is 2. The number of ether oxygens (including phenoxy) is 2. The lowest BCUT2D eigenvalue weighted by molar-refractivity contribution is -0.808. The van der Waals surface area contributed by atoms with Crippen molar-refractivity contribution in [3.63, 3.8) is 0 Å². The summed E-state index contributed by atoms with van der Waals surface area (Å²) in [5.74, 6) is -1.44. The molecule has 1 heterocycles. The molecule has 0 amide bonds. The van der Waals surface area contributed by atoms with E-state index in [1.165, 1.54) is 14.2 Å². The van der Waals surface area contributed by atoms with Crippen LogP contribution in [0.4, 0.5) is 0 Å². The first-order chi connectivity index (χ1) is 7.69. The highest BCUT2D eigenvalue weighted by molar-refractivity contribution is 5.93. The molecule has 8 heteroatoms. The van der Waals surface area contributed by atoms with Gasteiger partial charge in [0.05, 0.1) is 0 Å². The molecule has 1 aliphatic carbocycles. The van der Waals surface area contributed by atoms with Gasteiger partial charge < -0.3 is 19.9 Å². The van der Waals surface area contributed by atoms with Crippen molar-refractivity contribution in [2.75, 3.05) is 14.2 Å². The third kappa shape index (κ3) is 1.20. The fourth-order valence-corrected chi connectivity index (χ4v) is 1.89. The molecular weight excluding hydrogens is 218 g/mol. The molecule has 0 saturated heterocycles. The molecule has 1 N–H and O–H groups in total. The lowest BCUT2D eigenvalue weighted by Crippen LogP contribution is -2.46. The molecule has 8 nitrogen and oxygen atoms in total. The van der Waals surface area contributed by atoms with Crippen LogP contribution in [0.3, 0.4) is 0 Å². The van der Waals surface area contributed by atoms with Gasteiger partial charge in [-0.15, -0.1) is 0 Å². The van der Waals surface area contributed by atoms with E-state index in [9.17, 15) is 5.21 Å². The standard InChI is InChI=1S/C8H11N3O5/c1-14-8(15-2)6(9-12)4-3-5-7(8)10-16-11(5)13/h12H,3-4H2,1-2H3/b9-6+. The van der Waals surface area contributed by atoms with E-state index in [-0.39, 0.29) is 11.4 Å². The zero-order valence-corrected chi connectivity index (χ0v) is 8.84. The second kappa shape index (κ2) is 3.72. The van der Waals surface area contributed by atoms with E-state index < -0.39 is 5.79 Å². The van der Waals surface area contributed by atoms with Crippen LogP contribution in [0.1, 0.15) is 17.8 Å². The van der Waals surface area contributed by atoms with Crippen LogP contribution in [0.2, 0.25) is 0 Å². The van der Waals surface area contributed by atoms with Crippen LogP contribution in [-0.4, -0.2) is 30.3 Å². The molecular formula is C8H11N3O5. The van der Waals surface area contributed by atoms with Crippen LogP contribution in [0.5, 0.6) is 0 Å². The molecule has 1 aromatic heterocycles. The van der Waals surface area contributed by atoms with E-state index in [0.717, 1.165) is 0 Å². The van der Waals surface area contributed by atoms with Crippen LogP contribution in [-0.2, 0) is 21.7 Å². The van der Waals surface area contributed by atoms with Crippen LogP contribution < -0.4 is 4.90 Å². The Morgan fingerprint density at radius 3 is 2.75 bits per heavy atom. The highest BCUT2D eigenvalue weighted by atomic mass is 16.8. The second-order valence-electron chi connectivity index (χ2n) is 3.30. The Bertz CT molecular complexity index is 423. The molecule has 0 fully saturated rings. The minimum Gasteiger partial charge on any atom is -0.411 e. The Morgan fingerprint density at radius 2 is 2.19 bits per heavy atom. The molecule has 0 unspecified atom stereocenters. The molecule has 0 saturated carbocycles. The number of hydrogen-bond donors (Lipinski definition) is 1. The number of nitrogens with zero attached hydrogens (tertiary/aromatic N) is 3. The predicted octanol–water partition coefficient (Wildman–Crippen LogP) is -0.470. The summed E-state index contributed by atoms with van der Waals surface area (Å²) in [6.07, 6.45) is 0.685. The Kier molecular flexibility index (Phi) is 2.52. The van der Waals surface area contributed by atoms with E-state index >= 15 is 0 Å². The summed E-state index contributed by atoms with van der Waals surface area (Å²) < 4.78 is 14.9. The molecule has 88 valence electrons. The molecule has 1 aromatic rings. The SMILES string of the molecule is COC1(OC)/C(=N/O)CCc2c1no[n+]2[O-]. The van der Waals surface area contributed by atoms with E-state index in [4.69, 9.17) is 14.7 Å². The zero-order valence-electron chi connectivity index (χ0n) is 8.84. The summed E-state index contributed by atoms with van der Waals surface area (Å²) in [5.41, 5.74) is 0.751. The molecule has 0 bridgehead atoms. The summed E-state index contributed by atoms with van der Waals surface area (Å²) >= 11 is 0. The van der Waals surface area contributed by atoms with E-state index in [0.29, 0.717) is 23.4 Å². The smallest absolute Gasteiger partial charge is 0.287 e. The first kappa shape index (κ1) is 10.8. The number of rotatable bonds is 2. The molecule has 2 rings (SSSR count). The van der Waals surface area contributed by atoms with Crippen molar-refractivity contribution in [2.45, 2.75) is 18.6 Å². The second-order valence-corrected chi connectivity index (χ2v) is 3.30. The van der Waals surface area contributed by atoms with Gasteiger partial charge in [-0.2, -0.15) is 0 Å². The van der Waals surface area contributed by atoms with Crippen molar-refractivity contribution in [3.05, 3.63) is 16.6 Å². The van der Waals surface area contributed by atoms with Crippen molar-refractivity contribution in [2.24, 2.45) is 5.16 Å². The van der Waals surface area contributed by atoms with Gasteiger partial charge in [0.15, 0.2) is 0 Å². The van der Waals surface area contributed by atoms with Gasteiger partial charge in [0.1, 0.15) is 5.71 Å². The maximum absolute atomic E-state index is 11.3. The van der Waals surface area contributed by atoms with Crippen molar-refractivity contribution < 1.29 is 24.2 Å². The Hall–Kier alpha value is -1.67. The fourth-order valence-electron chi connectivity index (χ4n) is 1.89.